The fraction of sp³-hybridized carbons (Fsp3) is 0.409. The maximum atomic E-state index is 12.5. The van der Waals surface area contributed by atoms with Crippen LogP contribution >= 0.6 is 11.3 Å². The third-order valence-corrected chi connectivity index (χ3v) is 7.61. The van der Waals surface area contributed by atoms with Crippen molar-refractivity contribution in [3.05, 3.63) is 58.3 Å². The highest BCUT2D eigenvalue weighted by Crippen LogP contribution is 2.32. The molecule has 1 unspecified atom stereocenters. The third-order valence-electron chi connectivity index (χ3n) is 5.43. The second-order valence-corrected chi connectivity index (χ2v) is 10.0. The largest absolute Gasteiger partial charge is 0.487 e. The number of benzene rings is 1. The predicted molar refractivity (Wildman–Crippen MR) is 121 cm³/mol. The van der Waals surface area contributed by atoms with E-state index in [-0.39, 0.29) is 11.5 Å². The van der Waals surface area contributed by atoms with E-state index in [1.165, 1.54) is 24.3 Å². The summed E-state index contributed by atoms with van der Waals surface area (Å²) in [6, 6.07) is 5.10. The Balaban J connectivity index is 1.28. The molecule has 1 aliphatic heterocycles. The van der Waals surface area contributed by atoms with E-state index in [4.69, 9.17) is 9.72 Å². The number of thiazole rings is 1. The van der Waals surface area contributed by atoms with Crippen LogP contribution < -0.4 is 9.64 Å². The van der Waals surface area contributed by atoms with E-state index >= 15 is 0 Å². The highest BCUT2D eigenvalue weighted by Gasteiger charge is 2.37. The molecule has 0 aliphatic carbocycles. The molecular formula is C22H23F3N4O2S2. The molecule has 0 amide bonds. The van der Waals surface area contributed by atoms with Crippen LogP contribution in [0.2, 0.25) is 0 Å². The van der Waals surface area contributed by atoms with Gasteiger partial charge in [0.15, 0.2) is 10.8 Å². The normalized spacial score (nSPS) is 16.1. The Hall–Kier alpha value is -2.53. The van der Waals surface area contributed by atoms with Crippen molar-refractivity contribution in [1.82, 2.24) is 15.0 Å². The lowest BCUT2D eigenvalue weighted by molar-refractivity contribution is -0.0384. The number of hydrogen-bond acceptors (Lipinski definition) is 7. The van der Waals surface area contributed by atoms with Crippen molar-refractivity contribution < 1.29 is 22.1 Å². The molecule has 6 nitrogen and oxygen atoms in total. The highest BCUT2D eigenvalue weighted by molar-refractivity contribution is 7.86. The Bertz CT molecular complexity index is 1080. The lowest BCUT2D eigenvalue weighted by atomic mass is 9.98. The Labute approximate surface area is 196 Å². The SMILES string of the molecule is CCc1cnc(N2CCC(c3nc(COc4ccc(S(=O)C(F)(F)F)cc4)cs3)CC2)nc1. The molecule has 1 aromatic carbocycles. The zero-order valence-corrected chi connectivity index (χ0v) is 19.6. The van der Waals surface area contributed by atoms with Gasteiger partial charge in [0.25, 0.3) is 0 Å². The number of ether oxygens (including phenoxy) is 1. The van der Waals surface area contributed by atoms with E-state index in [1.807, 2.05) is 17.8 Å². The Morgan fingerprint density at radius 3 is 2.42 bits per heavy atom. The number of halogens is 3. The number of rotatable bonds is 7. The van der Waals surface area contributed by atoms with E-state index < -0.39 is 16.3 Å². The summed E-state index contributed by atoms with van der Waals surface area (Å²) in [7, 11) is -3.04. The summed E-state index contributed by atoms with van der Waals surface area (Å²) in [5, 5.41) is 3.01. The van der Waals surface area contributed by atoms with Crippen molar-refractivity contribution in [3.63, 3.8) is 0 Å². The van der Waals surface area contributed by atoms with Crippen molar-refractivity contribution in [2.45, 2.75) is 49.1 Å². The topological polar surface area (TPSA) is 68.2 Å². The molecule has 1 saturated heterocycles. The second kappa shape index (κ2) is 10.2. The molecule has 0 radical (unpaired) electrons. The molecule has 1 atom stereocenters. The van der Waals surface area contributed by atoms with Crippen molar-refractivity contribution in [2.24, 2.45) is 0 Å². The number of nitrogens with zero attached hydrogens (tertiary/aromatic N) is 4. The minimum atomic E-state index is -4.78. The molecule has 1 aliphatic rings. The van der Waals surface area contributed by atoms with Gasteiger partial charge in [-0.25, -0.2) is 19.2 Å². The maximum Gasteiger partial charge on any atom is 0.475 e. The van der Waals surface area contributed by atoms with Gasteiger partial charge in [0.2, 0.25) is 5.95 Å². The fourth-order valence-corrected chi connectivity index (χ4v) is 5.17. The smallest absolute Gasteiger partial charge is 0.475 e. The minimum Gasteiger partial charge on any atom is -0.487 e. The minimum absolute atomic E-state index is 0.217. The van der Waals surface area contributed by atoms with Gasteiger partial charge in [-0.1, -0.05) is 6.92 Å². The molecule has 0 N–H and O–H groups in total. The molecule has 3 heterocycles. The number of alkyl halides is 3. The summed E-state index contributed by atoms with van der Waals surface area (Å²) in [6.45, 7) is 4.03. The number of aryl methyl sites for hydroxylation is 1. The van der Waals surface area contributed by atoms with E-state index in [0.29, 0.717) is 11.7 Å². The lowest BCUT2D eigenvalue weighted by Crippen LogP contribution is -2.34. The number of hydrogen-bond donors (Lipinski definition) is 0. The van der Waals surface area contributed by atoms with Gasteiger partial charge in [-0.15, -0.1) is 11.3 Å². The first-order chi connectivity index (χ1) is 15.8. The van der Waals surface area contributed by atoms with Crippen LogP contribution in [0.1, 0.15) is 41.9 Å². The van der Waals surface area contributed by atoms with Gasteiger partial charge in [-0.05, 0) is 49.1 Å². The third kappa shape index (κ3) is 5.89. The molecule has 0 bridgehead atoms. The average molecular weight is 497 g/mol. The molecule has 33 heavy (non-hydrogen) atoms. The molecule has 3 aromatic rings. The summed E-state index contributed by atoms with van der Waals surface area (Å²) in [6.07, 6.45) is 6.60. The molecule has 11 heteroatoms. The van der Waals surface area contributed by atoms with Gasteiger partial charge >= 0.3 is 5.51 Å². The van der Waals surface area contributed by atoms with Crippen LogP contribution in [0.5, 0.6) is 5.75 Å². The van der Waals surface area contributed by atoms with Crippen LogP contribution in [0.3, 0.4) is 0 Å². The first kappa shape index (κ1) is 23.6. The van der Waals surface area contributed by atoms with Crippen LogP contribution in [0.25, 0.3) is 0 Å². The molecule has 4 rings (SSSR count). The molecule has 2 aromatic heterocycles. The zero-order chi connectivity index (χ0) is 23.4. The fourth-order valence-electron chi connectivity index (χ4n) is 3.55. The van der Waals surface area contributed by atoms with E-state index in [9.17, 15) is 17.4 Å². The van der Waals surface area contributed by atoms with Gasteiger partial charge in [0.05, 0.1) is 10.7 Å². The van der Waals surface area contributed by atoms with Crippen molar-refractivity contribution in [3.8, 4) is 5.75 Å². The van der Waals surface area contributed by atoms with Crippen LogP contribution in [-0.2, 0) is 23.8 Å². The molecule has 1 fully saturated rings. The van der Waals surface area contributed by atoms with Gasteiger partial charge in [0, 0.05) is 41.7 Å². The first-order valence-corrected chi connectivity index (χ1v) is 12.6. The van der Waals surface area contributed by atoms with Crippen LogP contribution in [0.4, 0.5) is 19.1 Å². The molecule has 0 spiro atoms. The van der Waals surface area contributed by atoms with Gasteiger partial charge in [-0.3, -0.25) is 0 Å². The Morgan fingerprint density at radius 1 is 1.15 bits per heavy atom. The monoisotopic (exact) mass is 496 g/mol. The standard InChI is InChI=1S/C22H23F3N4O2S2/c1-2-15-11-26-21(27-12-15)29-9-7-16(8-10-29)20-28-17(14-32-20)13-31-18-3-5-19(6-4-18)33(30)22(23,24)25/h3-6,11-12,14,16H,2,7-10,13H2,1H3. The molecule has 0 saturated carbocycles. The number of anilines is 1. The number of aromatic nitrogens is 3. The summed E-state index contributed by atoms with van der Waals surface area (Å²) < 4.78 is 54.7. The zero-order valence-electron chi connectivity index (χ0n) is 17.9. The Morgan fingerprint density at radius 2 is 1.82 bits per heavy atom. The van der Waals surface area contributed by atoms with Crippen LogP contribution in [0.15, 0.2) is 46.9 Å². The average Bonchev–Trinajstić information content (AvgIpc) is 3.31. The first-order valence-electron chi connectivity index (χ1n) is 10.5. The van der Waals surface area contributed by atoms with Crippen LogP contribution in [-0.4, -0.2) is 37.8 Å². The van der Waals surface area contributed by atoms with E-state index in [0.717, 1.165) is 54.6 Å². The van der Waals surface area contributed by atoms with Crippen molar-refractivity contribution in [2.75, 3.05) is 18.0 Å². The summed E-state index contributed by atoms with van der Waals surface area (Å²) in [5.74, 6) is 1.53. The van der Waals surface area contributed by atoms with Crippen molar-refractivity contribution in [1.29, 1.82) is 0 Å². The van der Waals surface area contributed by atoms with Crippen molar-refractivity contribution >= 4 is 28.1 Å². The summed E-state index contributed by atoms with van der Waals surface area (Å²) in [4.78, 5) is 15.5. The second-order valence-electron chi connectivity index (χ2n) is 7.66. The Kier molecular flexibility index (Phi) is 7.28. The quantitative estimate of drug-likeness (QED) is 0.454. The predicted octanol–water partition coefficient (Wildman–Crippen LogP) is 5.09. The maximum absolute atomic E-state index is 12.5. The van der Waals surface area contributed by atoms with Crippen LogP contribution in [0, 0.1) is 0 Å². The summed E-state index contributed by atoms with van der Waals surface area (Å²) in [5.41, 5.74) is -2.88. The van der Waals surface area contributed by atoms with E-state index in [1.54, 1.807) is 11.3 Å². The molecular weight excluding hydrogens is 473 g/mol. The van der Waals surface area contributed by atoms with Gasteiger partial charge in [-0.2, -0.15) is 13.2 Å². The molecule has 176 valence electrons. The summed E-state index contributed by atoms with van der Waals surface area (Å²) >= 11 is 1.60. The van der Waals surface area contributed by atoms with Gasteiger partial charge < -0.3 is 9.64 Å². The number of piperidine rings is 1. The van der Waals surface area contributed by atoms with Gasteiger partial charge in [0.1, 0.15) is 12.4 Å². The van der Waals surface area contributed by atoms with E-state index in [2.05, 4.69) is 21.8 Å². The lowest BCUT2D eigenvalue weighted by Gasteiger charge is -2.31. The highest BCUT2D eigenvalue weighted by atomic mass is 32.2.